The molecule has 4 aromatic carbocycles. The van der Waals surface area contributed by atoms with E-state index < -0.39 is 20.0 Å². The van der Waals surface area contributed by atoms with Crippen molar-refractivity contribution in [3.8, 4) is 23.1 Å². The number of carbonyl (C=O) groups is 2. The van der Waals surface area contributed by atoms with E-state index in [0.29, 0.717) is 58.7 Å². The van der Waals surface area contributed by atoms with Crippen molar-refractivity contribution in [2.45, 2.75) is 58.3 Å². The molecule has 6 rings (SSSR count). The summed E-state index contributed by atoms with van der Waals surface area (Å²) < 4.78 is 29.8. The van der Waals surface area contributed by atoms with Crippen molar-refractivity contribution in [1.29, 1.82) is 5.26 Å². The van der Waals surface area contributed by atoms with Crippen molar-refractivity contribution >= 4 is 43.1 Å². The van der Waals surface area contributed by atoms with Gasteiger partial charge in [-0.15, -0.1) is 0 Å². The minimum atomic E-state index is -2.06. The standard InChI is InChI=1S/C46H48ClFN4O4Si/c1-9-22-55-36-18-16-35(17-19-36)52(43-23-31(26-49)14-21-41(43)48)45(54)39-25-42(50(6)30(39)2)40-24-34(47)15-20-38(40)44(53)51-27-32-12-10-11-13-37(32)33(28-51)29-56-57(7,8)46(3,4)5/h9-21,23-25,33H,1,22,27-29H2,2-8H3. The number of anilines is 2. The lowest BCUT2D eigenvalue weighted by Crippen LogP contribution is -2.44. The summed E-state index contributed by atoms with van der Waals surface area (Å²) in [5.41, 5.74) is 5.16. The number of halogens is 2. The smallest absolute Gasteiger partial charge is 0.264 e. The molecule has 1 unspecified atom stereocenters. The Morgan fingerprint density at radius 1 is 1.04 bits per heavy atom. The third kappa shape index (κ3) is 8.47. The first-order chi connectivity index (χ1) is 27.0. The fourth-order valence-electron chi connectivity index (χ4n) is 6.88. The van der Waals surface area contributed by atoms with Gasteiger partial charge in [-0.2, -0.15) is 5.26 Å². The molecule has 1 aromatic heterocycles. The van der Waals surface area contributed by atoms with Gasteiger partial charge < -0.3 is 18.6 Å². The highest BCUT2D eigenvalue weighted by atomic mass is 35.5. The van der Waals surface area contributed by atoms with Crippen molar-refractivity contribution in [3.63, 3.8) is 0 Å². The molecule has 0 spiro atoms. The Hall–Kier alpha value is -5.47. The number of fused-ring (bicyclic) bond motifs is 1. The van der Waals surface area contributed by atoms with Crippen LogP contribution in [-0.4, -0.2) is 49.4 Å². The Morgan fingerprint density at radius 3 is 2.44 bits per heavy atom. The third-order valence-corrected chi connectivity index (χ3v) is 16.0. The van der Waals surface area contributed by atoms with Crippen LogP contribution in [0.2, 0.25) is 23.2 Å². The maximum absolute atomic E-state index is 15.6. The van der Waals surface area contributed by atoms with E-state index >= 15 is 4.39 Å². The second-order valence-corrected chi connectivity index (χ2v) is 21.2. The van der Waals surface area contributed by atoms with Crippen LogP contribution in [0.5, 0.6) is 5.75 Å². The molecule has 0 radical (unpaired) electrons. The number of benzene rings is 4. The quantitative estimate of drug-likeness (QED) is 0.0980. The Kier molecular flexibility index (Phi) is 12.0. The zero-order valence-corrected chi connectivity index (χ0v) is 35.3. The molecule has 1 atom stereocenters. The molecule has 57 heavy (non-hydrogen) atoms. The van der Waals surface area contributed by atoms with Gasteiger partial charge in [-0.3, -0.25) is 14.5 Å². The molecule has 294 valence electrons. The van der Waals surface area contributed by atoms with Crippen LogP contribution in [0, 0.1) is 24.1 Å². The highest BCUT2D eigenvalue weighted by molar-refractivity contribution is 6.74. The molecule has 5 aromatic rings. The van der Waals surface area contributed by atoms with Crippen LogP contribution in [0.3, 0.4) is 0 Å². The average Bonchev–Trinajstić information content (AvgIpc) is 3.49. The molecule has 8 nitrogen and oxygen atoms in total. The first-order valence-electron chi connectivity index (χ1n) is 18.9. The summed E-state index contributed by atoms with van der Waals surface area (Å²) in [7, 11) is -0.250. The summed E-state index contributed by atoms with van der Waals surface area (Å²) in [5.74, 6) is -0.854. The lowest BCUT2D eigenvalue weighted by atomic mass is 9.89. The molecular weight excluding hydrogens is 755 g/mol. The van der Waals surface area contributed by atoms with E-state index in [1.807, 2.05) is 34.7 Å². The molecule has 2 heterocycles. The molecule has 0 aliphatic carbocycles. The van der Waals surface area contributed by atoms with Crippen LogP contribution in [0.25, 0.3) is 11.3 Å². The summed E-state index contributed by atoms with van der Waals surface area (Å²) >= 11 is 6.62. The van der Waals surface area contributed by atoms with Gasteiger partial charge in [-0.1, -0.05) is 69.3 Å². The zero-order chi connectivity index (χ0) is 41.2. The van der Waals surface area contributed by atoms with Gasteiger partial charge in [0.1, 0.15) is 18.2 Å². The summed E-state index contributed by atoms with van der Waals surface area (Å²) in [6.45, 7) is 18.3. The van der Waals surface area contributed by atoms with Crippen molar-refractivity contribution in [2.75, 3.05) is 24.7 Å². The maximum atomic E-state index is 15.6. The molecule has 0 N–H and O–H groups in total. The SMILES string of the molecule is C=CCOc1ccc(N(C(=O)c2cc(-c3cc(Cl)ccc3C(=O)N3Cc4ccccc4C(CO[Si](C)(C)C(C)(C)C)C3)n(C)c2C)c2cc(C#N)ccc2F)cc1. The third-order valence-electron chi connectivity index (χ3n) is 11.3. The van der Waals surface area contributed by atoms with Gasteiger partial charge in [0.15, 0.2) is 8.32 Å². The van der Waals surface area contributed by atoms with Crippen LogP contribution in [-0.2, 0) is 18.0 Å². The van der Waals surface area contributed by atoms with Crippen molar-refractivity contribution < 1.29 is 23.1 Å². The second kappa shape index (κ2) is 16.6. The van der Waals surface area contributed by atoms with E-state index in [1.54, 1.807) is 61.5 Å². The van der Waals surface area contributed by atoms with Crippen molar-refractivity contribution in [3.05, 3.63) is 148 Å². The van der Waals surface area contributed by atoms with Gasteiger partial charge >= 0.3 is 0 Å². The van der Waals surface area contributed by atoms with Crippen LogP contribution in [0.15, 0.2) is 104 Å². The number of carbonyl (C=O) groups excluding carboxylic acids is 2. The van der Waals surface area contributed by atoms with Crippen LogP contribution in [0.1, 0.15) is 69.8 Å². The fraction of sp³-hybridized carbons (Fsp3) is 0.283. The number of nitriles is 1. The molecule has 0 saturated carbocycles. The minimum absolute atomic E-state index is 0.0150. The van der Waals surface area contributed by atoms with E-state index in [0.717, 1.165) is 5.56 Å². The first kappa shape index (κ1) is 41.2. The monoisotopic (exact) mass is 802 g/mol. The predicted octanol–water partition coefficient (Wildman–Crippen LogP) is 11.0. The van der Waals surface area contributed by atoms with E-state index in [4.69, 9.17) is 20.8 Å². The van der Waals surface area contributed by atoms with E-state index in [1.165, 1.54) is 28.7 Å². The second-order valence-electron chi connectivity index (χ2n) is 15.9. The normalized spacial score (nSPS) is 14.1. The lowest BCUT2D eigenvalue weighted by molar-refractivity contribution is 0.0700. The topological polar surface area (TPSA) is 87.8 Å². The summed E-state index contributed by atoms with van der Waals surface area (Å²) in [6, 6.07) is 27.7. The lowest BCUT2D eigenvalue weighted by Gasteiger charge is -2.40. The highest BCUT2D eigenvalue weighted by Crippen LogP contribution is 2.40. The number of hydrogen-bond donors (Lipinski definition) is 0. The first-order valence-corrected chi connectivity index (χ1v) is 22.2. The molecule has 11 heteroatoms. The number of ether oxygens (including phenoxy) is 1. The molecular formula is C46H48ClFN4O4Si. The highest BCUT2D eigenvalue weighted by Gasteiger charge is 2.39. The van der Waals surface area contributed by atoms with Crippen molar-refractivity contribution in [1.82, 2.24) is 9.47 Å². The average molecular weight is 803 g/mol. The molecule has 1 aliphatic heterocycles. The largest absolute Gasteiger partial charge is 0.490 e. The molecule has 0 bridgehead atoms. The van der Waals surface area contributed by atoms with Crippen LogP contribution in [0.4, 0.5) is 15.8 Å². The van der Waals surface area contributed by atoms with Gasteiger partial charge in [0.05, 0.1) is 22.9 Å². The van der Waals surface area contributed by atoms with Gasteiger partial charge in [-0.25, -0.2) is 4.39 Å². The van der Waals surface area contributed by atoms with E-state index in [9.17, 15) is 14.9 Å². The van der Waals surface area contributed by atoms with Gasteiger partial charge in [0, 0.05) is 65.9 Å². The van der Waals surface area contributed by atoms with Crippen molar-refractivity contribution in [2.24, 2.45) is 7.05 Å². The van der Waals surface area contributed by atoms with Gasteiger partial charge in [-0.05, 0) is 103 Å². The van der Waals surface area contributed by atoms with Crippen LogP contribution < -0.4 is 9.64 Å². The maximum Gasteiger partial charge on any atom is 0.264 e. The molecule has 2 amide bonds. The zero-order valence-electron chi connectivity index (χ0n) is 33.5. The number of nitrogens with zero attached hydrogens (tertiary/aromatic N) is 4. The van der Waals surface area contributed by atoms with Gasteiger partial charge in [0.2, 0.25) is 0 Å². The fourth-order valence-corrected chi connectivity index (χ4v) is 8.10. The summed E-state index contributed by atoms with van der Waals surface area (Å²) in [6.07, 6.45) is 1.62. The Morgan fingerprint density at radius 2 is 1.75 bits per heavy atom. The molecule has 1 aliphatic rings. The predicted molar refractivity (Wildman–Crippen MR) is 227 cm³/mol. The van der Waals surface area contributed by atoms with Gasteiger partial charge in [0.25, 0.3) is 11.8 Å². The van der Waals surface area contributed by atoms with E-state index in [-0.39, 0.29) is 40.3 Å². The Balaban J connectivity index is 1.38. The van der Waals surface area contributed by atoms with E-state index in [2.05, 4.69) is 52.6 Å². The Labute approximate surface area is 340 Å². The summed E-state index contributed by atoms with van der Waals surface area (Å²) in [4.78, 5) is 32.6. The van der Waals surface area contributed by atoms with Crippen LogP contribution >= 0.6 is 11.6 Å². The Bertz CT molecular complexity index is 2380. The molecule has 0 fully saturated rings. The molecule has 0 saturated heterocycles. The number of hydrogen-bond acceptors (Lipinski definition) is 5. The number of amides is 2. The summed E-state index contributed by atoms with van der Waals surface area (Å²) in [5, 5.41) is 10.1. The number of aromatic nitrogens is 1. The minimum Gasteiger partial charge on any atom is -0.490 e. The number of rotatable bonds is 11.